The summed E-state index contributed by atoms with van der Waals surface area (Å²) in [5, 5.41) is 2.40. The van der Waals surface area contributed by atoms with E-state index in [4.69, 9.17) is 9.97 Å². The van der Waals surface area contributed by atoms with Gasteiger partial charge in [0.1, 0.15) is 0 Å². The Bertz CT molecular complexity index is 2950. The van der Waals surface area contributed by atoms with Crippen LogP contribution in [0.4, 0.5) is 0 Å². The first-order chi connectivity index (χ1) is 28.8. The van der Waals surface area contributed by atoms with Gasteiger partial charge in [-0.2, -0.15) is 0 Å². The van der Waals surface area contributed by atoms with E-state index in [0.29, 0.717) is 0 Å². The van der Waals surface area contributed by atoms with Gasteiger partial charge in [0.25, 0.3) is 0 Å². The molecular weight excluding hydrogens is 705 g/mol. The minimum Gasteiger partial charge on any atom is -0.309 e. The molecule has 1 aliphatic carbocycles. The lowest BCUT2D eigenvalue weighted by Gasteiger charge is -2.13. The lowest BCUT2D eigenvalue weighted by molar-refractivity contribution is 1.17. The summed E-state index contributed by atoms with van der Waals surface area (Å²) in [6.45, 7) is 4.00. The molecule has 58 heavy (non-hydrogen) atoms. The van der Waals surface area contributed by atoms with Crippen molar-refractivity contribution in [2.45, 2.75) is 20.3 Å². The number of benzene rings is 6. The number of nitrogens with zero attached hydrogens (tertiary/aromatic N) is 4. The highest BCUT2D eigenvalue weighted by Gasteiger charge is 2.22. The quantitative estimate of drug-likeness (QED) is 0.170. The molecule has 0 aliphatic heterocycles. The molecule has 0 radical (unpaired) electrons. The van der Waals surface area contributed by atoms with Crippen molar-refractivity contribution in [2.24, 2.45) is 0 Å². The minimum atomic E-state index is 0.934. The van der Waals surface area contributed by atoms with Crippen LogP contribution >= 0.6 is 0 Å². The molecule has 10 aromatic rings. The summed E-state index contributed by atoms with van der Waals surface area (Å²) in [5.41, 5.74) is 19.9. The van der Waals surface area contributed by atoms with E-state index in [-0.39, 0.29) is 0 Å². The average molecular weight is 745 g/mol. The van der Waals surface area contributed by atoms with E-state index in [2.05, 4.69) is 161 Å². The SMILES string of the molecule is CC.c1ccc(-c2ccccc2-c2ccc3c(c2)c2cc(-c4ccccc4-c4ccccn4)ccc2n3-c2ccc3c(c2)-c2cc(-c4cccnc4)ccc2C3)nc1. The molecule has 0 atom stereocenters. The van der Waals surface area contributed by atoms with Gasteiger partial charge in [0.2, 0.25) is 0 Å². The molecule has 4 nitrogen and oxygen atoms in total. The normalized spacial score (nSPS) is 11.6. The molecule has 0 unspecified atom stereocenters. The molecule has 4 aromatic heterocycles. The number of pyridine rings is 3. The van der Waals surface area contributed by atoms with Crippen molar-refractivity contribution in [3.63, 3.8) is 0 Å². The molecule has 0 saturated carbocycles. The zero-order valence-electron chi connectivity index (χ0n) is 32.5. The van der Waals surface area contributed by atoms with Gasteiger partial charge in [-0.15, -0.1) is 0 Å². The minimum absolute atomic E-state index is 0.934. The Kier molecular flexibility index (Phi) is 9.00. The molecule has 1 aliphatic rings. The van der Waals surface area contributed by atoms with Gasteiger partial charge in [0, 0.05) is 57.9 Å². The van der Waals surface area contributed by atoms with Crippen molar-refractivity contribution in [2.75, 3.05) is 0 Å². The first-order valence-corrected chi connectivity index (χ1v) is 20.0. The molecule has 4 heterocycles. The Hall–Kier alpha value is -7.43. The lowest BCUT2D eigenvalue weighted by Crippen LogP contribution is -1.95. The Morgan fingerprint density at radius 1 is 0.397 bits per heavy atom. The molecular formula is C54H40N4. The second-order valence-electron chi connectivity index (χ2n) is 14.5. The number of hydrogen-bond donors (Lipinski definition) is 0. The zero-order valence-corrected chi connectivity index (χ0v) is 32.5. The molecule has 276 valence electrons. The second-order valence-corrected chi connectivity index (χ2v) is 14.5. The predicted octanol–water partition coefficient (Wildman–Crippen LogP) is 13.9. The number of fused-ring (bicyclic) bond motifs is 6. The summed E-state index contributed by atoms with van der Waals surface area (Å²) in [4.78, 5) is 13.8. The van der Waals surface area contributed by atoms with Crippen LogP contribution in [-0.4, -0.2) is 19.5 Å². The highest BCUT2D eigenvalue weighted by atomic mass is 15.0. The standard InChI is InChI=1S/C52H34N4.C2H6/c1-3-13-43(49-15-5-7-26-54-49)41(11-1)37-20-23-51-47(30-37)48-31-38(42-12-2-4-14-44(42)50-16-6-8-27-55-50)21-24-52(48)56(51)40-22-19-36-28-35-18-17-34(29-45(35)46(36)32-40)39-10-9-25-53-33-39;1-2/h1-27,29-33H,28H2;1-2H3. The van der Waals surface area contributed by atoms with E-state index in [1.807, 2.05) is 56.8 Å². The summed E-state index contributed by atoms with van der Waals surface area (Å²) in [5.74, 6) is 0. The lowest BCUT2D eigenvalue weighted by atomic mass is 9.94. The number of rotatable bonds is 6. The van der Waals surface area contributed by atoms with Crippen LogP contribution in [0.2, 0.25) is 0 Å². The van der Waals surface area contributed by atoms with Crippen LogP contribution in [-0.2, 0) is 6.42 Å². The Morgan fingerprint density at radius 3 is 1.48 bits per heavy atom. The van der Waals surface area contributed by atoms with E-state index < -0.39 is 0 Å². The molecule has 0 saturated heterocycles. The third-order valence-corrected chi connectivity index (χ3v) is 11.3. The topological polar surface area (TPSA) is 43.6 Å². The van der Waals surface area contributed by atoms with Crippen LogP contribution in [0.5, 0.6) is 0 Å². The van der Waals surface area contributed by atoms with E-state index in [9.17, 15) is 0 Å². The Balaban J connectivity index is 0.00000201. The van der Waals surface area contributed by atoms with Crippen LogP contribution in [0.25, 0.3) is 94.5 Å². The van der Waals surface area contributed by atoms with Crippen LogP contribution in [0, 0.1) is 0 Å². The molecule has 0 spiro atoms. The van der Waals surface area contributed by atoms with E-state index >= 15 is 0 Å². The highest BCUT2D eigenvalue weighted by Crippen LogP contribution is 2.43. The third-order valence-electron chi connectivity index (χ3n) is 11.3. The summed E-state index contributed by atoms with van der Waals surface area (Å²) in [6, 6.07) is 61.2. The first kappa shape index (κ1) is 35.0. The number of hydrogen-bond acceptors (Lipinski definition) is 3. The zero-order chi connectivity index (χ0) is 39.0. The summed E-state index contributed by atoms with van der Waals surface area (Å²) < 4.78 is 2.44. The third kappa shape index (κ3) is 6.07. The fourth-order valence-electron chi connectivity index (χ4n) is 8.61. The predicted molar refractivity (Wildman–Crippen MR) is 241 cm³/mol. The Morgan fingerprint density at radius 2 is 0.931 bits per heavy atom. The molecule has 6 aromatic carbocycles. The maximum atomic E-state index is 4.72. The van der Waals surface area contributed by atoms with Crippen LogP contribution in [0.1, 0.15) is 25.0 Å². The van der Waals surface area contributed by atoms with E-state index in [1.165, 1.54) is 38.6 Å². The highest BCUT2D eigenvalue weighted by molar-refractivity contribution is 6.12. The van der Waals surface area contributed by atoms with Crippen LogP contribution in [0.15, 0.2) is 195 Å². The van der Waals surface area contributed by atoms with E-state index in [0.717, 1.165) is 73.5 Å². The van der Waals surface area contributed by atoms with Gasteiger partial charge in [-0.05, 0) is 129 Å². The molecule has 11 rings (SSSR count). The molecule has 0 amide bonds. The second kappa shape index (κ2) is 14.9. The smallest absolute Gasteiger partial charge is 0.0708 e. The molecule has 4 heteroatoms. The first-order valence-electron chi connectivity index (χ1n) is 20.0. The molecule has 0 N–H and O–H groups in total. The van der Waals surface area contributed by atoms with Gasteiger partial charge in [0.15, 0.2) is 0 Å². The van der Waals surface area contributed by atoms with Crippen molar-refractivity contribution in [1.82, 2.24) is 19.5 Å². The monoisotopic (exact) mass is 744 g/mol. The van der Waals surface area contributed by atoms with Gasteiger partial charge in [-0.3, -0.25) is 15.0 Å². The van der Waals surface area contributed by atoms with E-state index in [1.54, 1.807) is 0 Å². The van der Waals surface area contributed by atoms with Crippen molar-refractivity contribution in [1.29, 1.82) is 0 Å². The van der Waals surface area contributed by atoms with Crippen molar-refractivity contribution >= 4 is 21.8 Å². The summed E-state index contributed by atoms with van der Waals surface area (Å²) >= 11 is 0. The summed E-state index contributed by atoms with van der Waals surface area (Å²) in [6.07, 6.45) is 8.43. The van der Waals surface area contributed by atoms with Gasteiger partial charge >= 0.3 is 0 Å². The fraction of sp³-hybridized carbons (Fsp3) is 0.0556. The van der Waals surface area contributed by atoms with Crippen LogP contribution < -0.4 is 0 Å². The number of aromatic nitrogens is 4. The van der Waals surface area contributed by atoms with Crippen molar-refractivity contribution < 1.29 is 0 Å². The van der Waals surface area contributed by atoms with Gasteiger partial charge in [-0.25, -0.2) is 0 Å². The van der Waals surface area contributed by atoms with Gasteiger partial charge in [0.05, 0.1) is 22.4 Å². The maximum absolute atomic E-state index is 4.72. The molecule has 0 fully saturated rings. The maximum Gasteiger partial charge on any atom is 0.0708 e. The van der Waals surface area contributed by atoms with Gasteiger partial charge in [-0.1, -0.05) is 111 Å². The van der Waals surface area contributed by atoms with Crippen LogP contribution in [0.3, 0.4) is 0 Å². The largest absolute Gasteiger partial charge is 0.309 e. The Labute approximate surface area is 338 Å². The van der Waals surface area contributed by atoms with Crippen molar-refractivity contribution in [3.05, 3.63) is 206 Å². The summed E-state index contributed by atoms with van der Waals surface area (Å²) in [7, 11) is 0. The van der Waals surface area contributed by atoms with Crippen molar-refractivity contribution in [3.8, 4) is 72.7 Å². The molecule has 0 bridgehead atoms. The fourth-order valence-corrected chi connectivity index (χ4v) is 8.61. The average Bonchev–Trinajstić information content (AvgIpc) is 3.84. The van der Waals surface area contributed by atoms with Gasteiger partial charge < -0.3 is 4.57 Å².